The van der Waals surface area contributed by atoms with Gasteiger partial charge in [0.25, 0.3) is 0 Å². The van der Waals surface area contributed by atoms with E-state index >= 15 is 0 Å². The Hall–Kier alpha value is -2.61. The maximum absolute atomic E-state index is 10.6. The van der Waals surface area contributed by atoms with E-state index in [1.165, 1.54) is 41.2 Å². The van der Waals surface area contributed by atoms with Gasteiger partial charge in [-0.25, -0.2) is 0 Å². The van der Waals surface area contributed by atoms with Crippen LogP contribution in [0, 0.1) is 0 Å². The van der Waals surface area contributed by atoms with Gasteiger partial charge in [-0.15, -0.1) is 0 Å². The molecule has 1 N–H and O–H groups in total. The second kappa shape index (κ2) is 9.36. The van der Waals surface area contributed by atoms with E-state index in [1.807, 2.05) is 0 Å². The van der Waals surface area contributed by atoms with Gasteiger partial charge in [0.15, 0.2) is 0 Å². The molecule has 3 aromatic rings. The van der Waals surface area contributed by atoms with E-state index in [4.69, 9.17) is 5.11 Å². The third-order valence-electron chi connectivity index (χ3n) is 5.36. The van der Waals surface area contributed by atoms with Crippen molar-refractivity contribution in [3.63, 3.8) is 0 Å². The van der Waals surface area contributed by atoms with Crippen LogP contribution in [0.15, 0.2) is 66.7 Å². The average Bonchev–Trinajstić information content (AvgIpc) is 2.70. The van der Waals surface area contributed by atoms with E-state index in [-0.39, 0.29) is 6.42 Å². The average molecular weight is 360 g/mol. The predicted molar refractivity (Wildman–Crippen MR) is 112 cm³/mol. The van der Waals surface area contributed by atoms with Crippen molar-refractivity contribution in [2.75, 3.05) is 0 Å². The molecule has 140 valence electrons. The minimum atomic E-state index is -0.737. The Morgan fingerprint density at radius 3 is 2.26 bits per heavy atom. The van der Waals surface area contributed by atoms with Crippen molar-refractivity contribution in [1.29, 1.82) is 0 Å². The van der Waals surface area contributed by atoms with Gasteiger partial charge in [0.2, 0.25) is 0 Å². The van der Waals surface area contributed by atoms with Crippen LogP contribution in [0.5, 0.6) is 0 Å². The Kier molecular flexibility index (Phi) is 6.64. The quantitative estimate of drug-likeness (QED) is 0.450. The number of hydrogen-bond donors (Lipinski definition) is 1. The fourth-order valence-electron chi connectivity index (χ4n) is 3.74. The SMILES string of the molecule is C[C@@H](CCCCc1ccc(CCC(=O)O)cc1)c1cccc2ccccc12. The van der Waals surface area contributed by atoms with Crippen molar-refractivity contribution in [3.8, 4) is 0 Å². The first-order valence-corrected chi connectivity index (χ1v) is 9.91. The molecule has 0 aliphatic heterocycles. The smallest absolute Gasteiger partial charge is 0.303 e. The summed E-state index contributed by atoms with van der Waals surface area (Å²) in [6.45, 7) is 2.33. The summed E-state index contributed by atoms with van der Waals surface area (Å²) in [5, 5.41) is 11.5. The van der Waals surface area contributed by atoms with Crippen molar-refractivity contribution in [2.24, 2.45) is 0 Å². The number of aliphatic carboxylic acids is 1. The van der Waals surface area contributed by atoms with Gasteiger partial charge in [-0.05, 0) is 59.1 Å². The topological polar surface area (TPSA) is 37.3 Å². The summed E-state index contributed by atoms with van der Waals surface area (Å²) >= 11 is 0. The van der Waals surface area contributed by atoms with Gasteiger partial charge < -0.3 is 5.11 Å². The van der Waals surface area contributed by atoms with Crippen LogP contribution in [0.4, 0.5) is 0 Å². The van der Waals surface area contributed by atoms with Crippen LogP contribution in [0.2, 0.25) is 0 Å². The highest BCUT2D eigenvalue weighted by atomic mass is 16.4. The molecule has 1 atom stereocenters. The monoisotopic (exact) mass is 360 g/mol. The zero-order chi connectivity index (χ0) is 19.1. The molecule has 0 amide bonds. The molecule has 0 heterocycles. The second-order valence-electron chi connectivity index (χ2n) is 7.43. The minimum Gasteiger partial charge on any atom is -0.481 e. The molecule has 0 saturated carbocycles. The summed E-state index contributed by atoms with van der Waals surface area (Å²) in [4.78, 5) is 10.6. The highest BCUT2D eigenvalue weighted by molar-refractivity contribution is 5.86. The first-order valence-electron chi connectivity index (χ1n) is 9.91. The van der Waals surface area contributed by atoms with Gasteiger partial charge in [-0.2, -0.15) is 0 Å². The highest BCUT2D eigenvalue weighted by Gasteiger charge is 2.09. The molecule has 0 unspecified atom stereocenters. The van der Waals surface area contributed by atoms with Crippen LogP contribution >= 0.6 is 0 Å². The molecule has 0 aliphatic carbocycles. The van der Waals surface area contributed by atoms with Gasteiger partial charge in [0.05, 0.1) is 0 Å². The fourth-order valence-corrected chi connectivity index (χ4v) is 3.74. The molecule has 0 aliphatic rings. The first-order chi connectivity index (χ1) is 13.1. The van der Waals surface area contributed by atoms with Crippen molar-refractivity contribution < 1.29 is 9.90 Å². The lowest BCUT2D eigenvalue weighted by atomic mass is 9.90. The Bertz CT molecular complexity index is 875. The van der Waals surface area contributed by atoms with Crippen LogP contribution in [0.3, 0.4) is 0 Å². The summed E-state index contributed by atoms with van der Waals surface area (Å²) in [6.07, 6.45) is 5.49. The van der Waals surface area contributed by atoms with E-state index in [1.54, 1.807) is 0 Å². The molecule has 0 bridgehead atoms. The molecule has 2 heteroatoms. The molecule has 2 nitrogen and oxygen atoms in total. The maximum atomic E-state index is 10.6. The lowest BCUT2D eigenvalue weighted by Gasteiger charge is -2.14. The van der Waals surface area contributed by atoms with Gasteiger partial charge in [-0.3, -0.25) is 4.79 Å². The maximum Gasteiger partial charge on any atom is 0.303 e. The summed E-state index contributed by atoms with van der Waals surface area (Å²) < 4.78 is 0. The lowest BCUT2D eigenvalue weighted by molar-refractivity contribution is -0.136. The number of benzene rings is 3. The molecule has 0 fully saturated rings. The fraction of sp³-hybridized carbons (Fsp3) is 0.320. The summed E-state index contributed by atoms with van der Waals surface area (Å²) in [6, 6.07) is 23.7. The van der Waals surface area contributed by atoms with E-state index in [0.29, 0.717) is 12.3 Å². The molecule has 0 saturated heterocycles. The number of fused-ring (bicyclic) bond motifs is 1. The zero-order valence-electron chi connectivity index (χ0n) is 16.0. The Morgan fingerprint density at radius 1 is 0.852 bits per heavy atom. The van der Waals surface area contributed by atoms with Crippen LogP contribution in [0.25, 0.3) is 10.8 Å². The number of rotatable bonds is 9. The molecule has 0 spiro atoms. The molecular weight excluding hydrogens is 332 g/mol. The largest absolute Gasteiger partial charge is 0.481 e. The number of carboxylic acids is 1. The summed E-state index contributed by atoms with van der Waals surface area (Å²) in [7, 11) is 0. The number of carboxylic acid groups (broad SMARTS) is 1. The van der Waals surface area contributed by atoms with E-state index < -0.39 is 5.97 Å². The summed E-state index contributed by atoms with van der Waals surface area (Å²) in [5.41, 5.74) is 3.90. The molecular formula is C25H28O2. The summed E-state index contributed by atoms with van der Waals surface area (Å²) in [5.74, 6) is -0.172. The number of aryl methyl sites for hydroxylation is 2. The van der Waals surface area contributed by atoms with E-state index in [0.717, 1.165) is 12.0 Å². The zero-order valence-corrected chi connectivity index (χ0v) is 16.0. The molecule has 3 rings (SSSR count). The lowest BCUT2D eigenvalue weighted by Crippen LogP contribution is -1.98. The van der Waals surface area contributed by atoms with Gasteiger partial charge in [0, 0.05) is 6.42 Å². The van der Waals surface area contributed by atoms with Crippen LogP contribution in [0.1, 0.15) is 55.2 Å². The number of carbonyl (C=O) groups is 1. The van der Waals surface area contributed by atoms with Crippen LogP contribution in [-0.4, -0.2) is 11.1 Å². The molecule has 0 radical (unpaired) electrons. The Labute approximate surface area is 161 Å². The molecule has 0 aromatic heterocycles. The third-order valence-corrected chi connectivity index (χ3v) is 5.36. The van der Waals surface area contributed by atoms with Crippen molar-refractivity contribution in [3.05, 3.63) is 83.4 Å². The Balaban J connectivity index is 1.47. The van der Waals surface area contributed by atoms with Gasteiger partial charge in [0.1, 0.15) is 0 Å². The predicted octanol–water partition coefficient (Wildman–Crippen LogP) is 6.37. The molecule has 27 heavy (non-hydrogen) atoms. The van der Waals surface area contributed by atoms with Crippen molar-refractivity contribution in [1.82, 2.24) is 0 Å². The molecule has 3 aromatic carbocycles. The van der Waals surface area contributed by atoms with Crippen molar-refractivity contribution in [2.45, 2.75) is 51.4 Å². The third kappa shape index (κ3) is 5.43. The van der Waals surface area contributed by atoms with E-state index in [9.17, 15) is 4.79 Å². The van der Waals surface area contributed by atoms with Gasteiger partial charge >= 0.3 is 5.97 Å². The standard InChI is InChI=1S/C25H28O2/c1-19(23-12-6-10-22-9-4-5-11-24(22)23)7-2-3-8-20-13-15-21(16-14-20)17-18-25(26)27/h4-6,9-16,19H,2-3,7-8,17-18H2,1H3,(H,26,27)/t19-/m0/s1. The van der Waals surface area contributed by atoms with Crippen LogP contribution in [-0.2, 0) is 17.6 Å². The highest BCUT2D eigenvalue weighted by Crippen LogP contribution is 2.29. The number of hydrogen-bond acceptors (Lipinski definition) is 1. The minimum absolute atomic E-state index is 0.200. The van der Waals surface area contributed by atoms with E-state index in [2.05, 4.69) is 73.7 Å². The first kappa shape index (κ1) is 19.2. The number of unbranched alkanes of at least 4 members (excludes halogenated alkanes) is 1. The second-order valence-corrected chi connectivity index (χ2v) is 7.43. The normalized spacial score (nSPS) is 12.2. The van der Waals surface area contributed by atoms with Gasteiger partial charge in [-0.1, -0.05) is 80.1 Å². The Morgan fingerprint density at radius 2 is 1.52 bits per heavy atom. The van der Waals surface area contributed by atoms with Crippen molar-refractivity contribution >= 4 is 16.7 Å². The van der Waals surface area contributed by atoms with Crippen LogP contribution < -0.4 is 0 Å².